The van der Waals surface area contributed by atoms with E-state index in [-0.39, 0.29) is 23.8 Å². The van der Waals surface area contributed by atoms with Gasteiger partial charge in [-0.15, -0.1) is 0 Å². The van der Waals surface area contributed by atoms with Crippen LogP contribution in [0.15, 0.2) is 47.1 Å². The lowest BCUT2D eigenvalue weighted by Gasteiger charge is -2.26. The van der Waals surface area contributed by atoms with Gasteiger partial charge in [0.05, 0.1) is 22.9 Å². The molecule has 2 aromatic rings. The number of nitrogens with zero attached hydrogens (tertiary/aromatic N) is 1. The molecule has 1 aromatic heterocycles. The summed E-state index contributed by atoms with van der Waals surface area (Å²) in [6.45, 7) is 4.13. The highest BCUT2D eigenvalue weighted by Gasteiger charge is 2.27. The normalized spacial score (nSPS) is 13.4. The lowest BCUT2D eigenvalue weighted by atomic mass is 10.0. The number of nitrogens with one attached hydrogen (secondary N) is 2. The maximum atomic E-state index is 12.7. The summed E-state index contributed by atoms with van der Waals surface area (Å²) in [6, 6.07) is 9.67. The minimum absolute atomic E-state index is 0.0853. The van der Waals surface area contributed by atoms with Crippen LogP contribution in [-0.2, 0) is 4.79 Å². The fraction of sp³-hybridized carbons (Fsp3) is 0.400. The van der Waals surface area contributed by atoms with Crippen molar-refractivity contribution >= 4 is 23.4 Å². The van der Waals surface area contributed by atoms with E-state index in [0.717, 1.165) is 5.76 Å². The second-order valence-electron chi connectivity index (χ2n) is 6.91. The lowest BCUT2D eigenvalue weighted by Crippen LogP contribution is -2.51. The van der Waals surface area contributed by atoms with Crippen molar-refractivity contribution in [3.05, 3.63) is 59.0 Å². The summed E-state index contributed by atoms with van der Waals surface area (Å²) in [6.07, 6.45) is 1.61. The molecule has 0 radical (unpaired) electrons. The van der Waals surface area contributed by atoms with Crippen LogP contribution in [0, 0.1) is 5.92 Å². The van der Waals surface area contributed by atoms with Crippen LogP contribution in [0.4, 0.5) is 0 Å². The molecule has 0 saturated heterocycles. The molecule has 0 aliphatic heterocycles. The van der Waals surface area contributed by atoms with E-state index in [0.29, 0.717) is 17.1 Å². The smallest absolute Gasteiger partial charge is 0.253 e. The van der Waals surface area contributed by atoms with E-state index >= 15 is 0 Å². The van der Waals surface area contributed by atoms with Gasteiger partial charge >= 0.3 is 0 Å². The molecule has 0 fully saturated rings. The van der Waals surface area contributed by atoms with Gasteiger partial charge in [-0.3, -0.25) is 14.5 Å². The number of hydrogen-bond donors (Lipinski definition) is 2. The fourth-order valence-corrected chi connectivity index (χ4v) is 2.95. The molecule has 0 spiro atoms. The van der Waals surface area contributed by atoms with E-state index in [1.54, 1.807) is 30.5 Å². The maximum absolute atomic E-state index is 12.7. The first kappa shape index (κ1) is 21.0. The van der Waals surface area contributed by atoms with Crippen LogP contribution in [0.2, 0.25) is 5.02 Å². The SMILES string of the molecule is CC(C)C(NC(=O)c1ccccc1Cl)C(=O)NCC(c1ccco1)N(C)C. The maximum Gasteiger partial charge on any atom is 0.253 e. The number of hydrogen-bond acceptors (Lipinski definition) is 4. The summed E-state index contributed by atoms with van der Waals surface area (Å²) < 4.78 is 5.46. The summed E-state index contributed by atoms with van der Waals surface area (Å²) >= 11 is 6.08. The third kappa shape index (κ3) is 5.58. The average Bonchev–Trinajstić information content (AvgIpc) is 3.13. The molecule has 0 bridgehead atoms. The molecule has 0 aliphatic carbocycles. The van der Waals surface area contributed by atoms with E-state index in [9.17, 15) is 9.59 Å². The summed E-state index contributed by atoms with van der Waals surface area (Å²) in [4.78, 5) is 27.2. The van der Waals surface area contributed by atoms with E-state index < -0.39 is 6.04 Å². The van der Waals surface area contributed by atoms with Crippen molar-refractivity contribution in [3.8, 4) is 0 Å². The summed E-state index contributed by atoms with van der Waals surface area (Å²) in [5, 5.41) is 6.06. The van der Waals surface area contributed by atoms with Crippen LogP contribution in [0.1, 0.15) is 36.0 Å². The Balaban J connectivity index is 2.04. The van der Waals surface area contributed by atoms with Crippen molar-refractivity contribution in [1.29, 1.82) is 0 Å². The van der Waals surface area contributed by atoms with Gasteiger partial charge in [0.2, 0.25) is 5.91 Å². The van der Waals surface area contributed by atoms with Gasteiger partial charge in [0.25, 0.3) is 5.91 Å². The molecule has 27 heavy (non-hydrogen) atoms. The Labute approximate surface area is 164 Å². The van der Waals surface area contributed by atoms with Crippen LogP contribution in [0.3, 0.4) is 0 Å². The third-order valence-corrected chi connectivity index (χ3v) is 4.65. The number of amides is 2. The monoisotopic (exact) mass is 391 g/mol. The van der Waals surface area contributed by atoms with E-state index in [4.69, 9.17) is 16.0 Å². The molecule has 0 saturated carbocycles. The van der Waals surface area contributed by atoms with Gasteiger partial charge in [-0.2, -0.15) is 0 Å². The molecule has 2 rings (SSSR count). The van der Waals surface area contributed by atoms with Crippen molar-refractivity contribution in [2.24, 2.45) is 5.92 Å². The number of halogens is 1. The molecule has 1 aromatic carbocycles. The van der Waals surface area contributed by atoms with Gasteiger partial charge in [-0.05, 0) is 44.3 Å². The lowest BCUT2D eigenvalue weighted by molar-refractivity contribution is -0.124. The second kappa shape index (κ2) is 9.58. The van der Waals surface area contributed by atoms with E-state index in [2.05, 4.69) is 10.6 Å². The highest BCUT2D eigenvalue weighted by atomic mass is 35.5. The average molecular weight is 392 g/mol. The molecule has 146 valence electrons. The standard InChI is InChI=1S/C20H26ClN3O3/c1-13(2)18(23-19(25)14-8-5-6-9-15(14)21)20(26)22-12-16(24(3)4)17-10-7-11-27-17/h5-11,13,16,18H,12H2,1-4H3,(H,22,26)(H,23,25). The molecule has 2 N–H and O–H groups in total. The number of furan rings is 1. The van der Waals surface area contributed by atoms with Crippen molar-refractivity contribution in [2.75, 3.05) is 20.6 Å². The van der Waals surface area contributed by atoms with Crippen LogP contribution in [-0.4, -0.2) is 43.4 Å². The minimum atomic E-state index is -0.673. The summed E-state index contributed by atoms with van der Waals surface area (Å²) in [5.41, 5.74) is 0.347. The van der Waals surface area contributed by atoms with Crippen molar-refractivity contribution < 1.29 is 14.0 Å². The Bertz CT molecular complexity index is 760. The topological polar surface area (TPSA) is 74.6 Å². The molecular weight excluding hydrogens is 366 g/mol. The molecule has 2 unspecified atom stereocenters. The molecule has 6 nitrogen and oxygen atoms in total. The Kier molecular flexibility index (Phi) is 7.45. The van der Waals surface area contributed by atoms with Gasteiger partial charge in [0, 0.05) is 6.54 Å². The van der Waals surface area contributed by atoms with Crippen molar-refractivity contribution in [3.63, 3.8) is 0 Å². The van der Waals surface area contributed by atoms with Gasteiger partial charge < -0.3 is 15.1 Å². The van der Waals surface area contributed by atoms with Crippen molar-refractivity contribution in [2.45, 2.75) is 25.9 Å². The molecule has 1 heterocycles. The zero-order chi connectivity index (χ0) is 20.0. The minimum Gasteiger partial charge on any atom is -0.468 e. The Morgan fingerprint density at radius 2 is 1.85 bits per heavy atom. The van der Waals surface area contributed by atoms with Crippen molar-refractivity contribution in [1.82, 2.24) is 15.5 Å². The Morgan fingerprint density at radius 3 is 2.41 bits per heavy atom. The van der Waals surface area contributed by atoms with Gasteiger partial charge in [0.1, 0.15) is 11.8 Å². The van der Waals surface area contributed by atoms with Gasteiger partial charge in [-0.25, -0.2) is 0 Å². The first-order valence-corrected chi connectivity index (χ1v) is 9.22. The van der Waals surface area contributed by atoms with Crippen LogP contribution in [0.5, 0.6) is 0 Å². The number of carbonyl (C=O) groups is 2. The number of likely N-dealkylation sites (N-methyl/N-ethyl adjacent to an activating group) is 1. The molecule has 2 atom stereocenters. The second-order valence-corrected chi connectivity index (χ2v) is 7.32. The highest BCUT2D eigenvalue weighted by molar-refractivity contribution is 6.33. The Hall–Kier alpha value is -2.31. The number of benzene rings is 1. The number of carbonyl (C=O) groups excluding carboxylic acids is 2. The molecule has 0 aliphatic rings. The summed E-state index contributed by atoms with van der Waals surface area (Å²) in [7, 11) is 3.83. The quantitative estimate of drug-likeness (QED) is 0.725. The van der Waals surface area contributed by atoms with Gasteiger partial charge in [-0.1, -0.05) is 37.6 Å². The predicted molar refractivity (Wildman–Crippen MR) is 106 cm³/mol. The highest BCUT2D eigenvalue weighted by Crippen LogP contribution is 2.18. The van der Waals surface area contributed by atoms with Crippen LogP contribution in [0.25, 0.3) is 0 Å². The summed E-state index contributed by atoms with van der Waals surface area (Å²) in [5.74, 6) is 0.0628. The van der Waals surface area contributed by atoms with Gasteiger partial charge in [0.15, 0.2) is 0 Å². The first-order valence-electron chi connectivity index (χ1n) is 8.84. The number of rotatable bonds is 8. The van der Waals surface area contributed by atoms with E-state index in [1.165, 1.54) is 0 Å². The molecule has 7 heteroatoms. The molecule has 2 amide bonds. The molecular formula is C20H26ClN3O3. The predicted octanol–water partition coefficient (Wildman–Crippen LogP) is 3.11. The van der Waals surface area contributed by atoms with Crippen LogP contribution < -0.4 is 10.6 Å². The Morgan fingerprint density at radius 1 is 1.15 bits per heavy atom. The fourth-order valence-electron chi connectivity index (χ4n) is 2.73. The van der Waals surface area contributed by atoms with Crippen LogP contribution >= 0.6 is 11.6 Å². The zero-order valence-electron chi connectivity index (χ0n) is 16.0. The van der Waals surface area contributed by atoms with E-state index in [1.807, 2.05) is 45.0 Å². The third-order valence-electron chi connectivity index (χ3n) is 4.32. The first-order chi connectivity index (χ1) is 12.8. The zero-order valence-corrected chi connectivity index (χ0v) is 16.8. The largest absolute Gasteiger partial charge is 0.468 e.